The van der Waals surface area contributed by atoms with Gasteiger partial charge in [-0.1, -0.05) is 5.92 Å². The highest BCUT2D eigenvalue weighted by molar-refractivity contribution is 6.03. The number of hydrogen-bond acceptors (Lipinski definition) is 3. The molecule has 0 bridgehead atoms. The van der Waals surface area contributed by atoms with Crippen LogP contribution >= 0.6 is 0 Å². The first-order chi connectivity index (χ1) is 7.24. The van der Waals surface area contributed by atoms with Gasteiger partial charge in [0.2, 0.25) is 0 Å². The molecule has 2 unspecified atom stereocenters. The predicted molar refractivity (Wildman–Crippen MR) is 55.3 cm³/mol. The molecule has 0 spiro atoms. The van der Waals surface area contributed by atoms with E-state index in [9.17, 15) is 4.79 Å². The van der Waals surface area contributed by atoms with Crippen molar-refractivity contribution in [3.05, 3.63) is 0 Å². The molecule has 0 radical (unpaired) electrons. The first-order valence-corrected chi connectivity index (χ1v) is 4.93. The molecule has 0 saturated carbocycles. The average molecular weight is 207 g/mol. The van der Waals surface area contributed by atoms with Gasteiger partial charge in [-0.2, -0.15) is 4.99 Å². The Morgan fingerprint density at radius 1 is 1.73 bits per heavy atom. The van der Waals surface area contributed by atoms with Crippen LogP contribution in [0.3, 0.4) is 0 Å². The largest absolute Gasteiger partial charge is 0.385 e. The zero-order valence-electron chi connectivity index (χ0n) is 8.35. The summed E-state index contributed by atoms with van der Waals surface area (Å²) in [6.45, 7) is 0.945. The summed E-state index contributed by atoms with van der Waals surface area (Å²) in [4.78, 5) is 16.7. The summed E-state index contributed by atoms with van der Waals surface area (Å²) in [6.07, 6.45) is 7.04. The molecule has 2 aliphatic heterocycles. The second-order valence-electron chi connectivity index (χ2n) is 3.65. The summed E-state index contributed by atoms with van der Waals surface area (Å²) >= 11 is 0. The fraction of sp³-hybridized carbons (Fsp3) is 0.600. The van der Waals surface area contributed by atoms with Crippen LogP contribution in [0.15, 0.2) is 4.99 Å². The Labute approximate surface area is 88.3 Å². The Bertz CT molecular complexity index is 339. The molecule has 2 amide bonds. The molecule has 0 aliphatic carbocycles. The summed E-state index contributed by atoms with van der Waals surface area (Å²) in [5.41, 5.74) is 5.71. The fourth-order valence-corrected chi connectivity index (χ4v) is 2.03. The van der Waals surface area contributed by atoms with Crippen molar-refractivity contribution >= 4 is 11.9 Å². The Balaban J connectivity index is 2.16. The minimum absolute atomic E-state index is 0.0476. The van der Waals surface area contributed by atoms with E-state index in [0.717, 1.165) is 12.8 Å². The van der Waals surface area contributed by atoms with E-state index < -0.39 is 0 Å². The van der Waals surface area contributed by atoms with Crippen molar-refractivity contribution < 1.29 is 9.53 Å². The third kappa shape index (κ3) is 1.68. The van der Waals surface area contributed by atoms with E-state index in [1.54, 1.807) is 0 Å². The molecule has 15 heavy (non-hydrogen) atoms. The normalized spacial score (nSPS) is 30.5. The SMILES string of the molecule is C#CCN1C(=O)N=C(N)C1C1CCCO1. The highest BCUT2D eigenvalue weighted by atomic mass is 16.5. The number of urea groups is 1. The highest BCUT2D eigenvalue weighted by Gasteiger charge is 2.40. The summed E-state index contributed by atoms with van der Waals surface area (Å²) in [5, 5.41) is 0. The van der Waals surface area contributed by atoms with Crippen LogP contribution in [0.4, 0.5) is 4.79 Å². The maximum absolute atomic E-state index is 11.4. The fourth-order valence-electron chi connectivity index (χ4n) is 2.03. The minimum Gasteiger partial charge on any atom is -0.385 e. The van der Waals surface area contributed by atoms with Crippen molar-refractivity contribution in [2.75, 3.05) is 13.2 Å². The van der Waals surface area contributed by atoms with Gasteiger partial charge in [0.1, 0.15) is 11.9 Å². The third-order valence-corrected chi connectivity index (χ3v) is 2.69. The highest BCUT2D eigenvalue weighted by Crippen LogP contribution is 2.23. The number of ether oxygens (including phenoxy) is 1. The van der Waals surface area contributed by atoms with Crippen molar-refractivity contribution in [2.45, 2.75) is 25.0 Å². The second kappa shape index (κ2) is 3.91. The summed E-state index contributed by atoms with van der Waals surface area (Å²) in [7, 11) is 0. The molecule has 0 aromatic heterocycles. The number of terminal acetylenes is 1. The molecule has 1 fully saturated rings. The van der Waals surface area contributed by atoms with Crippen LogP contribution in [0.5, 0.6) is 0 Å². The van der Waals surface area contributed by atoms with Gasteiger partial charge in [0.15, 0.2) is 0 Å². The first kappa shape index (κ1) is 9.99. The number of nitrogens with zero attached hydrogens (tertiary/aromatic N) is 2. The standard InChI is InChI=1S/C10H13N3O2/c1-2-5-13-8(7-4-3-6-15-7)9(11)12-10(13)14/h1,7-8H,3-6H2,(H2,11,12,14). The van der Waals surface area contributed by atoms with E-state index in [0.29, 0.717) is 12.4 Å². The van der Waals surface area contributed by atoms with Gasteiger partial charge in [0.25, 0.3) is 0 Å². The van der Waals surface area contributed by atoms with Gasteiger partial charge in [0, 0.05) is 6.61 Å². The van der Waals surface area contributed by atoms with E-state index >= 15 is 0 Å². The zero-order chi connectivity index (χ0) is 10.8. The Kier molecular flexibility index (Phi) is 2.60. The van der Waals surface area contributed by atoms with Crippen LogP contribution in [0.1, 0.15) is 12.8 Å². The Morgan fingerprint density at radius 3 is 3.13 bits per heavy atom. The maximum Gasteiger partial charge on any atom is 0.346 e. The number of hydrogen-bond donors (Lipinski definition) is 1. The quantitative estimate of drug-likeness (QED) is 0.646. The predicted octanol–water partition coefficient (Wildman–Crippen LogP) is -0.0400. The van der Waals surface area contributed by atoms with Gasteiger partial charge < -0.3 is 10.5 Å². The molecule has 80 valence electrons. The van der Waals surface area contributed by atoms with Gasteiger partial charge in [0.05, 0.1) is 12.6 Å². The van der Waals surface area contributed by atoms with Crippen LogP contribution < -0.4 is 5.73 Å². The molecule has 0 aromatic rings. The van der Waals surface area contributed by atoms with Gasteiger partial charge in [-0.3, -0.25) is 4.90 Å². The molecule has 5 nitrogen and oxygen atoms in total. The van der Waals surface area contributed by atoms with Gasteiger partial charge >= 0.3 is 6.03 Å². The maximum atomic E-state index is 11.4. The van der Waals surface area contributed by atoms with Crippen LogP contribution in [-0.4, -0.2) is 42.1 Å². The van der Waals surface area contributed by atoms with E-state index in [1.807, 2.05) is 0 Å². The number of aliphatic imine (C=N–C) groups is 1. The van der Waals surface area contributed by atoms with Crippen molar-refractivity contribution in [3.63, 3.8) is 0 Å². The molecular formula is C10H13N3O2. The average Bonchev–Trinajstić information content (AvgIpc) is 2.77. The van der Waals surface area contributed by atoms with Crippen molar-refractivity contribution in [2.24, 2.45) is 10.7 Å². The lowest BCUT2D eigenvalue weighted by Gasteiger charge is -2.26. The number of carbonyl (C=O) groups excluding carboxylic acids is 1. The number of amides is 2. The molecule has 2 atom stereocenters. The van der Waals surface area contributed by atoms with Gasteiger partial charge in [-0.05, 0) is 12.8 Å². The van der Waals surface area contributed by atoms with Crippen molar-refractivity contribution in [3.8, 4) is 12.3 Å². The number of nitrogens with two attached hydrogens (primary N) is 1. The zero-order valence-corrected chi connectivity index (χ0v) is 8.35. The monoisotopic (exact) mass is 207 g/mol. The smallest absolute Gasteiger partial charge is 0.346 e. The van der Waals surface area contributed by atoms with Crippen molar-refractivity contribution in [1.82, 2.24) is 4.90 Å². The van der Waals surface area contributed by atoms with Crippen LogP contribution in [0.2, 0.25) is 0 Å². The number of carbonyl (C=O) groups is 1. The van der Waals surface area contributed by atoms with Gasteiger partial charge in [-0.15, -0.1) is 6.42 Å². The summed E-state index contributed by atoms with van der Waals surface area (Å²) in [5.74, 6) is 2.76. The van der Waals surface area contributed by atoms with E-state index in [-0.39, 0.29) is 24.7 Å². The molecule has 0 aromatic carbocycles. The molecular weight excluding hydrogens is 194 g/mol. The topological polar surface area (TPSA) is 67.9 Å². The Hall–Kier alpha value is -1.54. The molecule has 2 N–H and O–H groups in total. The van der Waals surface area contributed by atoms with Crippen LogP contribution in [0.25, 0.3) is 0 Å². The first-order valence-electron chi connectivity index (χ1n) is 4.93. The van der Waals surface area contributed by atoms with E-state index in [1.165, 1.54) is 4.90 Å². The lowest BCUT2D eigenvalue weighted by atomic mass is 10.1. The van der Waals surface area contributed by atoms with Crippen LogP contribution in [-0.2, 0) is 4.74 Å². The number of amidine groups is 1. The molecule has 2 aliphatic rings. The van der Waals surface area contributed by atoms with Crippen LogP contribution in [0, 0.1) is 12.3 Å². The lowest BCUT2D eigenvalue weighted by Crippen LogP contribution is -2.48. The van der Waals surface area contributed by atoms with E-state index in [2.05, 4.69) is 10.9 Å². The minimum atomic E-state index is -0.356. The molecule has 2 rings (SSSR count). The molecule has 2 heterocycles. The molecule has 5 heteroatoms. The summed E-state index contributed by atoms with van der Waals surface area (Å²) in [6, 6.07) is -0.623. The third-order valence-electron chi connectivity index (χ3n) is 2.69. The van der Waals surface area contributed by atoms with E-state index in [4.69, 9.17) is 16.9 Å². The van der Waals surface area contributed by atoms with Crippen molar-refractivity contribution in [1.29, 1.82) is 0 Å². The number of rotatable bonds is 2. The van der Waals surface area contributed by atoms with Gasteiger partial charge in [-0.25, -0.2) is 4.79 Å². The Morgan fingerprint density at radius 2 is 2.53 bits per heavy atom. The second-order valence-corrected chi connectivity index (χ2v) is 3.65. The molecule has 1 saturated heterocycles. The lowest BCUT2D eigenvalue weighted by molar-refractivity contribution is 0.0707. The summed E-state index contributed by atoms with van der Waals surface area (Å²) < 4.78 is 5.51.